The fourth-order valence-electron chi connectivity index (χ4n) is 2.97. The minimum absolute atomic E-state index is 0.260. The number of hydrogen-bond donors (Lipinski definition) is 1. The zero-order chi connectivity index (χ0) is 16.3. The largest absolute Gasteiger partial charge is 0.497 e. The molecule has 2 atom stereocenters. The van der Waals surface area contributed by atoms with Gasteiger partial charge in [0.1, 0.15) is 5.75 Å². The summed E-state index contributed by atoms with van der Waals surface area (Å²) in [7, 11) is 1.68. The molecule has 1 aliphatic carbocycles. The summed E-state index contributed by atoms with van der Waals surface area (Å²) in [6.07, 6.45) is 8.69. The van der Waals surface area contributed by atoms with Crippen molar-refractivity contribution in [2.75, 3.05) is 12.4 Å². The monoisotopic (exact) mass is 369 g/mol. The van der Waals surface area contributed by atoms with Crippen LogP contribution in [-0.2, 0) is 5.54 Å². The van der Waals surface area contributed by atoms with Crippen molar-refractivity contribution < 1.29 is 4.74 Å². The van der Waals surface area contributed by atoms with Gasteiger partial charge in [0.05, 0.1) is 12.6 Å². The molecule has 0 saturated carbocycles. The van der Waals surface area contributed by atoms with E-state index in [0.29, 0.717) is 5.92 Å². The predicted octanol–water partition coefficient (Wildman–Crippen LogP) is 5.53. The van der Waals surface area contributed by atoms with Crippen molar-refractivity contribution in [2.45, 2.75) is 12.5 Å². The van der Waals surface area contributed by atoms with Crippen molar-refractivity contribution in [3.8, 4) is 5.75 Å². The maximum absolute atomic E-state index is 5.25. The first kappa shape index (κ1) is 15.9. The minimum Gasteiger partial charge on any atom is -0.497 e. The number of hydrogen-bond acceptors (Lipinski definition) is 2. The molecule has 2 unspecified atom stereocenters. The van der Waals surface area contributed by atoms with E-state index in [0.717, 1.165) is 15.9 Å². The third-order valence-corrected chi connectivity index (χ3v) is 4.88. The zero-order valence-corrected chi connectivity index (χ0v) is 14.9. The standard InChI is InChI=1S/C20H20BrNO/c1-15-5-3-4-14-20(15,16-6-8-17(21)9-7-16)22-18-10-12-19(23-2)13-11-18/h3-15,22H,1-2H3. The molecular weight excluding hydrogens is 350 g/mol. The van der Waals surface area contributed by atoms with Gasteiger partial charge in [-0.25, -0.2) is 0 Å². The molecule has 1 N–H and O–H groups in total. The molecule has 0 aromatic heterocycles. The van der Waals surface area contributed by atoms with E-state index >= 15 is 0 Å². The smallest absolute Gasteiger partial charge is 0.119 e. The van der Waals surface area contributed by atoms with E-state index in [9.17, 15) is 0 Å². The van der Waals surface area contributed by atoms with Crippen molar-refractivity contribution in [3.63, 3.8) is 0 Å². The van der Waals surface area contributed by atoms with Crippen LogP contribution >= 0.6 is 15.9 Å². The SMILES string of the molecule is COc1ccc(NC2(c3ccc(Br)cc3)C=CC=CC2C)cc1. The van der Waals surface area contributed by atoms with Gasteiger partial charge in [-0.05, 0) is 42.0 Å². The number of halogens is 1. The average molecular weight is 370 g/mol. The van der Waals surface area contributed by atoms with Crippen molar-refractivity contribution in [1.29, 1.82) is 0 Å². The summed E-state index contributed by atoms with van der Waals surface area (Å²) in [5.74, 6) is 1.19. The number of allylic oxidation sites excluding steroid dienone is 2. The lowest BCUT2D eigenvalue weighted by molar-refractivity contribution is 0.414. The Labute approximate surface area is 146 Å². The highest BCUT2D eigenvalue weighted by Gasteiger charge is 2.35. The Morgan fingerprint density at radius 3 is 2.30 bits per heavy atom. The molecule has 0 radical (unpaired) electrons. The van der Waals surface area contributed by atoms with Gasteiger partial charge in [0.15, 0.2) is 0 Å². The molecular formula is C20H20BrNO. The van der Waals surface area contributed by atoms with Crippen molar-refractivity contribution in [3.05, 3.63) is 82.9 Å². The van der Waals surface area contributed by atoms with Gasteiger partial charge in [-0.3, -0.25) is 0 Å². The van der Waals surface area contributed by atoms with Gasteiger partial charge in [0.25, 0.3) is 0 Å². The Bertz CT molecular complexity index is 718. The topological polar surface area (TPSA) is 21.3 Å². The molecule has 23 heavy (non-hydrogen) atoms. The van der Waals surface area contributed by atoms with Crippen molar-refractivity contribution in [2.24, 2.45) is 5.92 Å². The molecule has 0 amide bonds. The first-order valence-electron chi connectivity index (χ1n) is 7.68. The van der Waals surface area contributed by atoms with Gasteiger partial charge < -0.3 is 10.1 Å². The van der Waals surface area contributed by atoms with Gasteiger partial charge in [0.2, 0.25) is 0 Å². The summed E-state index contributed by atoms with van der Waals surface area (Å²) in [5.41, 5.74) is 2.05. The van der Waals surface area contributed by atoms with Gasteiger partial charge in [-0.15, -0.1) is 0 Å². The van der Waals surface area contributed by atoms with Gasteiger partial charge >= 0.3 is 0 Å². The first-order chi connectivity index (χ1) is 11.1. The second kappa shape index (κ2) is 6.63. The number of methoxy groups -OCH3 is 1. The van der Waals surface area contributed by atoms with Crippen LogP contribution < -0.4 is 10.1 Å². The third kappa shape index (κ3) is 3.20. The lowest BCUT2D eigenvalue weighted by Gasteiger charge is -2.39. The summed E-state index contributed by atoms with van der Waals surface area (Å²) in [4.78, 5) is 0. The van der Waals surface area contributed by atoms with Crippen LogP contribution in [0.4, 0.5) is 5.69 Å². The molecule has 118 valence electrons. The van der Waals surface area contributed by atoms with E-state index in [-0.39, 0.29) is 5.54 Å². The number of anilines is 1. The lowest BCUT2D eigenvalue weighted by atomic mass is 9.76. The van der Waals surface area contributed by atoms with Crippen LogP contribution in [0.25, 0.3) is 0 Å². The van der Waals surface area contributed by atoms with Gasteiger partial charge in [0, 0.05) is 16.1 Å². The van der Waals surface area contributed by atoms with Gasteiger partial charge in [-0.1, -0.05) is 59.3 Å². The summed E-state index contributed by atoms with van der Waals surface area (Å²) in [6.45, 7) is 2.23. The third-order valence-electron chi connectivity index (χ3n) is 4.35. The lowest BCUT2D eigenvalue weighted by Crippen LogP contribution is -2.40. The Hall–Kier alpha value is -2.00. The molecule has 2 nitrogen and oxygen atoms in total. The number of ether oxygens (including phenoxy) is 1. The van der Waals surface area contributed by atoms with Crippen LogP contribution in [0.1, 0.15) is 12.5 Å². The van der Waals surface area contributed by atoms with Crippen LogP contribution in [0.15, 0.2) is 77.3 Å². The summed E-state index contributed by atoms with van der Waals surface area (Å²) >= 11 is 3.52. The fraction of sp³-hybridized carbons (Fsp3) is 0.200. The van der Waals surface area contributed by atoms with Crippen molar-refractivity contribution >= 4 is 21.6 Å². The zero-order valence-electron chi connectivity index (χ0n) is 13.3. The molecule has 2 aromatic carbocycles. The van der Waals surface area contributed by atoms with Crippen LogP contribution in [-0.4, -0.2) is 7.11 Å². The van der Waals surface area contributed by atoms with E-state index in [4.69, 9.17) is 4.74 Å². The Morgan fingerprint density at radius 2 is 1.70 bits per heavy atom. The second-order valence-electron chi connectivity index (χ2n) is 5.76. The Balaban J connectivity index is 2.00. The van der Waals surface area contributed by atoms with Crippen molar-refractivity contribution in [1.82, 2.24) is 0 Å². The van der Waals surface area contributed by atoms with Gasteiger partial charge in [-0.2, -0.15) is 0 Å². The summed E-state index contributed by atoms with van der Waals surface area (Å²) in [5, 5.41) is 3.72. The van der Waals surface area contributed by atoms with E-state index < -0.39 is 0 Å². The quantitative estimate of drug-likeness (QED) is 0.764. The molecule has 1 aliphatic rings. The maximum Gasteiger partial charge on any atom is 0.119 e. The molecule has 0 spiro atoms. The van der Waals surface area contributed by atoms with E-state index in [1.807, 2.05) is 12.1 Å². The van der Waals surface area contributed by atoms with E-state index in [2.05, 4.69) is 88.9 Å². The summed E-state index contributed by atoms with van der Waals surface area (Å²) in [6, 6.07) is 16.6. The number of rotatable bonds is 4. The van der Waals surface area contributed by atoms with E-state index in [1.165, 1.54) is 5.56 Å². The molecule has 3 heteroatoms. The van der Waals surface area contributed by atoms with E-state index in [1.54, 1.807) is 7.11 Å². The number of benzene rings is 2. The normalized spacial score (nSPS) is 22.8. The number of nitrogens with one attached hydrogen (secondary N) is 1. The minimum atomic E-state index is -0.260. The highest BCUT2D eigenvalue weighted by molar-refractivity contribution is 9.10. The van der Waals surface area contributed by atoms with Crippen LogP contribution in [0.2, 0.25) is 0 Å². The highest BCUT2D eigenvalue weighted by Crippen LogP contribution is 2.38. The average Bonchev–Trinajstić information content (AvgIpc) is 2.58. The second-order valence-corrected chi connectivity index (χ2v) is 6.68. The molecule has 0 bridgehead atoms. The fourth-order valence-corrected chi connectivity index (χ4v) is 3.23. The molecule has 0 aliphatic heterocycles. The molecule has 2 aromatic rings. The Morgan fingerprint density at radius 1 is 1.00 bits per heavy atom. The maximum atomic E-state index is 5.25. The first-order valence-corrected chi connectivity index (χ1v) is 8.48. The highest BCUT2D eigenvalue weighted by atomic mass is 79.9. The summed E-state index contributed by atoms with van der Waals surface area (Å²) < 4.78 is 6.33. The Kier molecular flexibility index (Phi) is 4.58. The van der Waals surface area contributed by atoms with Crippen LogP contribution in [0.3, 0.4) is 0 Å². The molecule has 0 saturated heterocycles. The molecule has 0 heterocycles. The van der Waals surface area contributed by atoms with Crippen LogP contribution in [0, 0.1) is 5.92 Å². The molecule has 3 rings (SSSR count). The molecule has 0 fully saturated rings. The predicted molar refractivity (Wildman–Crippen MR) is 99.9 cm³/mol. The van der Waals surface area contributed by atoms with Crippen LogP contribution in [0.5, 0.6) is 5.75 Å².